The van der Waals surface area contributed by atoms with Gasteiger partial charge in [0.15, 0.2) is 0 Å². The van der Waals surface area contributed by atoms with E-state index in [1.807, 2.05) is 0 Å². The summed E-state index contributed by atoms with van der Waals surface area (Å²) < 4.78 is 34.2. The van der Waals surface area contributed by atoms with Crippen molar-refractivity contribution in [2.24, 2.45) is 5.73 Å². The molecule has 0 spiro atoms. The van der Waals surface area contributed by atoms with Crippen LogP contribution in [0, 0.1) is 0 Å². The number of carbonyl (C=O) groups excluding carboxylic acids is 1. The average Bonchev–Trinajstić information content (AvgIpc) is 1.59. The van der Waals surface area contributed by atoms with Gasteiger partial charge >= 0.3 is 58.4 Å². The number of primary amides is 1. The maximum atomic E-state index is 11.4. The molecule has 0 aliphatic heterocycles. The molecule has 0 radical (unpaired) electrons. The van der Waals surface area contributed by atoms with Gasteiger partial charge in [0.2, 0.25) is 5.91 Å². The Bertz CT molecular complexity index is 132. The third-order valence-electron chi connectivity index (χ3n) is 0.551. The van der Waals surface area contributed by atoms with Crippen LogP contribution in [0.3, 0.4) is 0 Å². The molecule has 0 unspecified atom stereocenters. The number of rotatable bonds is 4. The van der Waals surface area contributed by atoms with E-state index in [1.165, 1.54) is 0 Å². The van der Waals surface area contributed by atoms with Gasteiger partial charge in [-0.1, -0.05) is 0 Å². The van der Waals surface area contributed by atoms with Gasteiger partial charge in [0.05, 0.1) is 5.75 Å². The Kier molecular flexibility index (Phi) is 9.14. The first-order valence-electron chi connectivity index (χ1n) is 2.49. The fourth-order valence-electron chi connectivity index (χ4n) is 0.293. The van der Waals surface area contributed by atoms with E-state index in [0.29, 0.717) is 11.8 Å². The minimum absolute atomic E-state index is 0. The zero-order valence-corrected chi connectivity index (χ0v) is 9.96. The average molecular weight is 211 g/mol. The molecule has 8 heteroatoms. The van der Waals surface area contributed by atoms with Gasteiger partial charge in [-0.2, -0.15) is 11.8 Å². The van der Waals surface area contributed by atoms with Crippen molar-refractivity contribution in [3.8, 4) is 0 Å². The van der Waals surface area contributed by atoms with Crippen LogP contribution >= 0.6 is 11.8 Å². The Morgan fingerprint density at radius 1 is 1.45 bits per heavy atom. The van der Waals surface area contributed by atoms with Gasteiger partial charge in [-0.05, 0) is 5.65 Å². The Balaban J connectivity index is 0. The van der Waals surface area contributed by atoms with Crippen LogP contribution in [0.15, 0.2) is 0 Å². The summed E-state index contributed by atoms with van der Waals surface area (Å²) in [6.45, 7) is -4.78. The van der Waals surface area contributed by atoms with Crippen LogP contribution in [0.4, 0.5) is 12.9 Å². The van der Waals surface area contributed by atoms with Gasteiger partial charge in [0.25, 0.3) is 0 Å². The molecule has 0 atom stereocenters. The summed E-state index contributed by atoms with van der Waals surface area (Å²) in [5.41, 5.74) is 3.65. The molecular weight excluding hydrogens is 205 g/mol. The molecule has 0 bridgehead atoms. The number of amides is 1. The molecule has 1 amide bonds. The Morgan fingerprint density at radius 3 is 2.18 bits per heavy atom. The van der Waals surface area contributed by atoms with Crippen LogP contribution in [0.1, 0.15) is 0 Å². The van der Waals surface area contributed by atoms with Crippen molar-refractivity contribution in [3.63, 3.8) is 0 Å². The molecule has 0 fully saturated rings. The first-order chi connectivity index (χ1) is 4.42. The summed E-state index contributed by atoms with van der Waals surface area (Å²) in [5.74, 6) is -0.980. The number of carbonyl (C=O) groups is 1. The van der Waals surface area contributed by atoms with E-state index in [0.717, 1.165) is 0 Å². The third-order valence-corrected chi connectivity index (χ3v) is 1.65. The van der Waals surface area contributed by atoms with Crippen molar-refractivity contribution in [1.29, 1.82) is 0 Å². The van der Waals surface area contributed by atoms with Crippen LogP contribution in [0.25, 0.3) is 0 Å². The monoisotopic (exact) mass is 211 g/mol. The fraction of sp³-hybridized carbons (Fsp3) is 0.667. The van der Waals surface area contributed by atoms with Gasteiger partial charge in [-0.15, -0.1) is 0 Å². The molecule has 2 N–H and O–H groups in total. The van der Waals surface area contributed by atoms with Gasteiger partial charge in [-0.25, -0.2) is 0 Å². The van der Waals surface area contributed by atoms with Gasteiger partial charge in [0.1, 0.15) is 0 Å². The predicted octanol–water partition coefficient (Wildman–Crippen LogP) is -2.40. The van der Waals surface area contributed by atoms with E-state index in [2.05, 4.69) is 5.73 Å². The largest absolute Gasteiger partial charge is 1.00 e. The Labute approximate surface area is 109 Å². The summed E-state index contributed by atoms with van der Waals surface area (Å²) in [5, 5.41) is 0. The molecular formula is C3H6BF3KNOS. The standard InChI is InChI=1S/C3H6BF3NOS.K/c5-4(6,7)2-10-1-3(8)9;/h1-2H2,(H2,8,9);/q-1;+1. The van der Waals surface area contributed by atoms with Crippen molar-refractivity contribution >= 4 is 24.6 Å². The van der Waals surface area contributed by atoms with Crippen LogP contribution in [0.2, 0.25) is 0 Å². The molecule has 0 saturated heterocycles. The molecule has 0 aliphatic carbocycles. The van der Waals surface area contributed by atoms with Gasteiger partial charge in [0, 0.05) is 0 Å². The maximum Gasteiger partial charge on any atom is 1.00 e. The van der Waals surface area contributed by atoms with Crippen LogP contribution < -0.4 is 57.1 Å². The van der Waals surface area contributed by atoms with Gasteiger partial charge < -0.3 is 18.7 Å². The van der Waals surface area contributed by atoms with E-state index in [9.17, 15) is 17.7 Å². The van der Waals surface area contributed by atoms with E-state index in [1.54, 1.807) is 0 Å². The number of hydrogen-bond acceptors (Lipinski definition) is 2. The van der Waals surface area contributed by atoms with Crippen LogP contribution in [0.5, 0.6) is 0 Å². The van der Waals surface area contributed by atoms with Crippen LogP contribution in [-0.4, -0.2) is 24.3 Å². The van der Waals surface area contributed by atoms with Crippen molar-refractivity contribution in [2.75, 3.05) is 11.4 Å². The molecule has 0 aromatic heterocycles. The van der Waals surface area contributed by atoms with E-state index in [-0.39, 0.29) is 57.1 Å². The summed E-state index contributed by atoms with van der Waals surface area (Å²) in [6, 6.07) is 0. The van der Waals surface area contributed by atoms with Crippen molar-refractivity contribution in [3.05, 3.63) is 0 Å². The van der Waals surface area contributed by atoms with Crippen molar-refractivity contribution < 1.29 is 69.1 Å². The molecule has 60 valence electrons. The summed E-state index contributed by atoms with van der Waals surface area (Å²) >= 11 is 0.497. The zero-order valence-electron chi connectivity index (χ0n) is 6.02. The minimum Gasteiger partial charge on any atom is -0.448 e. The molecule has 0 aromatic rings. The first-order valence-corrected chi connectivity index (χ1v) is 3.64. The zero-order chi connectivity index (χ0) is 8.20. The number of nitrogens with two attached hydrogens (primary N) is 1. The number of halogens is 3. The smallest absolute Gasteiger partial charge is 0.448 e. The van der Waals surface area contributed by atoms with Crippen molar-refractivity contribution in [1.82, 2.24) is 0 Å². The fourth-order valence-corrected chi connectivity index (χ4v) is 0.879. The molecule has 11 heavy (non-hydrogen) atoms. The molecule has 0 rings (SSSR count). The van der Waals surface area contributed by atoms with E-state index in [4.69, 9.17) is 0 Å². The Morgan fingerprint density at radius 2 is 1.91 bits per heavy atom. The normalized spacial score (nSPS) is 10.5. The first kappa shape index (κ1) is 14.8. The number of thioether (sulfide) groups is 1. The second-order valence-corrected chi connectivity index (χ2v) is 2.72. The molecule has 0 aromatic carbocycles. The summed E-state index contributed by atoms with van der Waals surface area (Å²) in [6.07, 6.45) is 0. The second kappa shape index (κ2) is 6.79. The predicted molar refractivity (Wildman–Crippen MR) is 35.6 cm³/mol. The van der Waals surface area contributed by atoms with E-state index >= 15 is 0 Å². The van der Waals surface area contributed by atoms with E-state index < -0.39 is 18.5 Å². The summed E-state index contributed by atoms with van der Waals surface area (Å²) in [7, 11) is 0. The SMILES string of the molecule is NC(=O)CSC[B-](F)(F)F.[K+]. The quantitative estimate of drug-likeness (QED) is 0.526. The second-order valence-electron chi connectivity index (χ2n) is 1.69. The summed E-state index contributed by atoms with van der Waals surface area (Å²) in [4.78, 5) is 9.93. The van der Waals surface area contributed by atoms with Crippen LogP contribution in [-0.2, 0) is 4.79 Å². The number of hydrogen-bond donors (Lipinski definition) is 1. The minimum atomic E-state index is -4.78. The topological polar surface area (TPSA) is 43.1 Å². The van der Waals surface area contributed by atoms with Crippen molar-refractivity contribution in [2.45, 2.75) is 0 Å². The maximum absolute atomic E-state index is 11.4. The molecule has 2 nitrogen and oxygen atoms in total. The molecule has 0 saturated carbocycles. The Hall–Kier alpha value is 1.31. The van der Waals surface area contributed by atoms with Gasteiger partial charge in [-0.3, -0.25) is 4.79 Å². The third kappa shape index (κ3) is 14.2. The molecule has 0 aliphatic rings. The molecule has 0 heterocycles.